The second-order valence-electron chi connectivity index (χ2n) is 4.52. The molecule has 0 bridgehead atoms. The van der Waals surface area contributed by atoms with Gasteiger partial charge < -0.3 is 11.1 Å². The van der Waals surface area contributed by atoms with Crippen LogP contribution in [0.1, 0.15) is 10.5 Å². The normalized spacial score (nSPS) is 10.4. The third kappa shape index (κ3) is 2.78. The molecule has 6 nitrogen and oxygen atoms in total. The van der Waals surface area contributed by atoms with Crippen molar-refractivity contribution in [2.75, 3.05) is 11.1 Å². The van der Waals surface area contributed by atoms with Gasteiger partial charge in [0.05, 0.1) is 5.69 Å². The summed E-state index contributed by atoms with van der Waals surface area (Å²) in [5, 5.41) is 10.6. The molecule has 0 unspecified atom stereocenters. The number of carbonyl (C=O) groups is 1. The van der Waals surface area contributed by atoms with E-state index in [0.29, 0.717) is 11.4 Å². The molecule has 1 amide bonds. The van der Waals surface area contributed by atoms with Crippen molar-refractivity contribution < 1.29 is 9.18 Å². The second kappa shape index (κ2) is 5.65. The van der Waals surface area contributed by atoms with E-state index in [1.54, 1.807) is 30.3 Å². The fraction of sp³-hybridized carbons (Fsp3) is 0. The Morgan fingerprint density at radius 1 is 1.09 bits per heavy atom. The Morgan fingerprint density at radius 2 is 1.86 bits per heavy atom. The maximum absolute atomic E-state index is 13.2. The maximum atomic E-state index is 13.2. The summed E-state index contributed by atoms with van der Waals surface area (Å²) in [7, 11) is 0. The third-order valence-electron chi connectivity index (χ3n) is 2.93. The minimum atomic E-state index is -0.480. The molecule has 22 heavy (non-hydrogen) atoms. The van der Waals surface area contributed by atoms with Gasteiger partial charge in [0.15, 0.2) is 11.5 Å². The number of nitrogens with one attached hydrogen (secondary N) is 1. The number of carbonyl (C=O) groups excluding carboxylic acids is 1. The molecule has 0 radical (unpaired) electrons. The van der Waals surface area contributed by atoms with Crippen molar-refractivity contribution in [3.63, 3.8) is 0 Å². The predicted octanol–water partition coefficient (Wildman–Crippen LogP) is 2.24. The van der Waals surface area contributed by atoms with Crippen LogP contribution < -0.4 is 11.1 Å². The van der Waals surface area contributed by atoms with Crippen LogP contribution in [0.2, 0.25) is 0 Å². The van der Waals surface area contributed by atoms with Crippen LogP contribution in [0.3, 0.4) is 0 Å². The summed E-state index contributed by atoms with van der Waals surface area (Å²) in [4.78, 5) is 13.3. The number of nitrogens with zero attached hydrogens (tertiary/aromatic N) is 3. The van der Waals surface area contributed by atoms with Gasteiger partial charge in [-0.25, -0.2) is 4.39 Å². The van der Waals surface area contributed by atoms with Crippen molar-refractivity contribution in [2.24, 2.45) is 0 Å². The number of hydrogen-bond acceptors (Lipinski definition) is 4. The molecule has 1 heterocycles. The summed E-state index contributed by atoms with van der Waals surface area (Å²) in [6.07, 6.45) is 0. The van der Waals surface area contributed by atoms with Gasteiger partial charge in [0, 0.05) is 11.8 Å². The van der Waals surface area contributed by atoms with Gasteiger partial charge in [-0.05, 0) is 24.3 Å². The lowest BCUT2D eigenvalue weighted by Crippen LogP contribution is -2.14. The lowest BCUT2D eigenvalue weighted by atomic mass is 10.3. The van der Waals surface area contributed by atoms with E-state index in [4.69, 9.17) is 5.73 Å². The fourth-order valence-corrected chi connectivity index (χ4v) is 1.91. The molecule has 0 aliphatic heterocycles. The average Bonchev–Trinajstić information content (AvgIpc) is 2.90. The molecule has 3 rings (SSSR count). The highest BCUT2D eigenvalue weighted by Gasteiger charge is 2.17. The zero-order valence-corrected chi connectivity index (χ0v) is 11.4. The van der Waals surface area contributed by atoms with E-state index in [2.05, 4.69) is 15.5 Å². The zero-order valence-electron chi connectivity index (χ0n) is 11.4. The van der Waals surface area contributed by atoms with Crippen LogP contribution in [-0.2, 0) is 0 Å². The molecular weight excluding hydrogens is 285 g/mol. The molecule has 0 spiro atoms. The van der Waals surface area contributed by atoms with Crippen molar-refractivity contribution in [2.45, 2.75) is 0 Å². The lowest BCUT2D eigenvalue weighted by molar-refractivity contribution is 0.102. The van der Waals surface area contributed by atoms with Crippen LogP contribution in [0.5, 0.6) is 0 Å². The topological polar surface area (TPSA) is 85.8 Å². The minimum absolute atomic E-state index is 0.0203. The van der Waals surface area contributed by atoms with Gasteiger partial charge in [0.1, 0.15) is 5.82 Å². The minimum Gasteiger partial charge on any atom is -0.380 e. The fourth-order valence-electron chi connectivity index (χ4n) is 1.91. The monoisotopic (exact) mass is 297 g/mol. The van der Waals surface area contributed by atoms with Crippen LogP contribution in [0.4, 0.5) is 15.9 Å². The van der Waals surface area contributed by atoms with Gasteiger partial charge in [0.2, 0.25) is 0 Å². The first-order valence-corrected chi connectivity index (χ1v) is 6.48. The smallest absolute Gasteiger partial charge is 0.280 e. The molecule has 2 aromatic carbocycles. The Hall–Kier alpha value is -3.22. The number of nitrogens with two attached hydrogens (primary N) is 1. The summed E-state index contributed by atoms with van der Waals surface area (Å²) >= 11 is 0. The summed E-state index contributed by atoms with van der Waals surface area (Å²) in [6.45, 7) is 0. The molecule has 3 N–H and O–H groups in total. The summed E-state index contributed by atoms with van der Waals surface area (Å²) < 4.78 is 13.2. The van der Waals surface area contributed by atoms with Gasteiger partial charge in [-0.2, -0.15) is 0 Å². The number of benzene rings is 2. The SMILES string of the molecule is Nc1nn(-c2cccc(F)c2)nc1C(=O)Nc1ccccc1. The van der Waals surface area contributed by atoms with Crippen LogP contribution in [-0.4, -0.2) is 20.9 Å². The van der Waals surface area contributed by atoms with Gasteiger partial charge >= 0.3 is 0 Å². The Bertz CT molecular complexity index is 816. The summed E-state index contributed by atoms with van der Waals surface area (Å²) in [5.41, 5.74) is 6.70. The Labute approximate surface area is 125 Å². The quantitative estimate of drug-likeness (QED) is 0.776. The Kier molecular flexibility index (Phi) is 3.53. The number of anilines is 2. The van der Waals surface area contributed by atoms with Crippen molar-refractivity contribution in [3.8, 4) is 5.69 Å². The highest BCUT2D eigenvalue weighted by molar-refractivity contribution is 6.05. The average molecular weight is 297 g/mol. The number of rotatable bonds is 3. The van der Waals surface area contributed by atoms with Crippen molar-refractivity contribution in [3.05, 3.63) is 66.1 Å². The van der Waals surface area contributed by atoms with Crippen LogP contribution in [0.25, 0.3) is 5.69 Å². The summed E-state index contributed by atoms with van der Waals surface area (Å²) in [5.74, 6) is -0.937. The molecule has 7 heteroatoms. The second-order valence-corrected chi connectivity index (χ2v) is 4.52. The molecule has 0 saturated heterocycles. The molecule has 0 fully saturated rings. The number of aromatic nitrogens is 3. The van der Waals surface area contributed by atoms with E-state index < -0.39 is 11.7 Å². The first kappa shape index (κ1) is 13.7. The first-order valence-electron chi connectivity index (χ1n) is 6.48. The molecule has 0 aliphatic rings. The van der Waals surface area contributed by atoms with Crippen LogP contribution in [0.15, 0.2) is 54.6 Å². The van der Waals surface area contributed by atoms with E-state index in [-0.39, 0.29) is 11.5 Å². The molecule has 110 valence electrons. The Balaban J connectivity index is 1.88. The molecule has 3 aromatic rings. The molecule has 0 aliphatic carbocycles. The predicted molar refractivity (Wildman–Crippen MR) is 80.1 cm³/mol. The Morgan fingerprint density at radius 3 is 2.59 bits per heavy atom. The zero-order chi connectivity index (χ0) is 15.5. The summed E-state index contributed by atoms with van der Waals surface area (Å²) in [6, 6.07) is 14.6. The lowest BCUT2D eigenvalue weighted by Gasteiger charge is -2.02. The maximum Gasteiger partial charge on any atom is 0.280 e. The van der Waals surface area contributed by atoms with E-state index in [0.717, 1.165) is 4.80 Å². The molecule has 0 saturated carbocycles. The first-order chi connectivity index (χ1) is 10.6. The third-order valence-corrected chi connectivity index (χ3v) is 2.93. The van der Waals surface area contributed by atoms with Gasteiger partial charge in [-0.15, -0.1) is 15.0 Å². The van der Waals surface area contributed by atoms with Crippen molar-refractivity contribution >= 4 is 17.4 Å². The molecule has 1 aromatic heterocycles. The van der Waals surface area contributed by atoms with E-state index in [9.17, 15) is 9.18 Å². The highest BCUT2D eigenvalue weighted by atomic mass is 19.1. The van der Waals surface area contributed by atoms with E-state index in [1.165, 1.54) is 18.2 Å². The number of hydrogen-bond donors (Lipinski definition) is 2. The van der Waals surface area contributed by atoms with Crippen molar-refractivity contribution in [1.82, 2.24) is 15.0 Å². The van der Waals surface area contributed by atoms with Crippen molar-refractivity contribution in [1.29, 1.82) is 0 Å². The molecule has 0 atom stereocenters. The van der Waals surface area contributed by atoms with E-state index >= 15 is 0 Å². The number of amides is 1. The standard InChI is InChI=1S/C15H12FN5O/c16-10-5-4-8-12(9-10)21-19-13(14(17)20-21)15(22)18-11-6-2-1-3-7-11/h1-9H,(H2,17,20)(H,18,22). The number of para-hydroxylation sites is 1. The number of nitrogen functional groups attached to an aromatic ring is 1. The highest BCUT2D eigenvalue weighted by Crippen LogP contribution is 2.14. The molecular formula is C15H12FN5O. The van der Waals surface area contributed by atoms with Gasteiger partial charge in [0.25, 0.3) is 5.91 Å². The van der Waals surface area contributed by atoms with Gasteiger partial charge in [-0.3, -0.25) is 4.79 Å². The van der Waals surface area contributed by atoms with E-state index in [1.807, 2.05) is 6.07 Å². The number of halogens is 1. The van der Waals surface area contributed by atoms with Gasteiger partial charge in [-0.1, -0.05) is 24.3 Å². The van der Waals surface area contributed by atoms with Crippen LogP contribution >= 0.6 is 0 Å². The van der Waals surface area contributed by atoms with Crippen LogP contribution in [0, 0.1) is 5.82 Å². The largest absolute Gasteiger partial charge is 0.380 e.